The highest BCUT2D eigenvalue weighted by atomic mass is 16.5. The van der Waals surface area contributed by atoms with Crippen molar-refractivity contribution in [2.75, 3.05) is 31.7 Å². The quantitative estimate of drug-likeness (QED) is 0.685. The van der Waals surface area contributed by atoms with Gasteiger partial charge in [-0.3, -0.25) is 4.79 Å². The Labute approximate surface area is 147 Å². The van der Waals surface area contributed by atoms with Crippen LogP contribution in [0.2, 0.25) is 0 Å². The highest BCUT2D eigenvalue weighted by molar-refractivity contribution is 5.99. The molecular formula is C19H24N2O4. The van der Waals surface area contributed by atoms with Crippen molar-refractivity contribution in [2.24, 2.45) is 5.41 Å². The summed E-state index contributed by atoms with van der Waals surface area (Å²) in [6.07, 6.45) is 3.11. The van der Waals surface area contributed by atoms with E-state index in [0.29, 0.717) is 38.3 Å². The van der Waals surface area contributed by atoms with E-state index in [-0.39, 0.29) is 17.9 Å². The van der Waals surface area contributed by atoms with Gasteiger partial charge in [0.1, 0.15) is 5.76 Å². The number of carbonyl (C=O) groups excluding carboxylic acids is 1. The summed E-state index contributed by atoms with van der Waals surface area (Å²) in [6, 6.07) is 11.1. The first-order valence-corrected chi connectivity index (χ1v) is 8.55. The maximum Gasteiger partial charge on any atom is 0.253 e. The zero-order valence-electron chi connectivity index (χ0n) is 14.2. The third kappa shape index (κ3) is 4.41. The number of para-hydroxylation sites is 1. The van der Waals surface area contributed by atoms with Gasteiger partial charge in [0.2, 0.25) is 0 Å². The van der Waals surface area contributed by atoms with E-state index in [0.717, 1.165) is 17.9 Å². The van der Waals surface area contributed by atoms with Crippen LogP contribution in [0.4, 0.5) is 5.69 Å². The molecule has 0 bridgehead atoms. The average molecular weight is 344 g/mol. The minimum Gasteiger partial charge on any atom is -0.467 e. The van der Waals surface area contributed by atoms with Crippen LogP contribution in [-0.4, -0.2) is 37.4 Å². The average Bonchev–Trinajstić information content (AvgIpc) is 3.31. The van der Waals surface area contributed by atoms with Gasteiger partial charge >= 0.3 is 0 Å². The van der Waals surface area contributed by atoms with Gasteiger partial charge in [-0.05, 0) is 37.1 Å². The minimum atomic E-state index is -0.166. The summed E-state index contributed by atoms with van der Waals surface area (Å²) in [5.41, 5.74) is 1.18. The first kappa shape index (κ1) is 17.5. The van der Waals surface area contributed by atoms with Crippen molar-refractivity contribution in [3.8, 4) is 0 Å². The smallest absolute Gasteiger partial charge is 0.253 e. The predicted molar refractivity (Wildman–Crippen MR) is 94.4 cm³/mol. The summed E-state index contributed by atoms with van der Waals surface area (Å²) in [6.45, 7) is 2.36. The number of amides is 1. The molecule has 1 atom stereocenters. The van der Waals surface area contributed by atoms with Crippen LogP contribution < -0.4 is 10.6 Å². The van der Waals surface area contributed by atoms with Gasteiger partial charge in [-0.15, -0.1) is 0 Å². The Bertz CT molecular complexity index is 678. The summed E-state index contributed by atoms with van der Waals surface area (Å²) in [7, 11) is 0. The van der Waals surface area contributed by atoms with E-state index in [1.807, 2.05) is 30.3 Å². The molecule has 1 amide bonds. The second-order valence-electron chi connectivity index (χ2n) is 6.44. The summed E-state index contributed by atoms with van der Waals surface area (Å²) < 4.78 is 10.8. The summed E-state index contributed by atoms with van der Waals surface area (Å²) in [5, 5.41) is 15.5. The van der Waals surface area contributed by atoms with Gasteiger partial charge in [-0.25, -0.2) is 0 Å². The Morgan fingerprint density at radius 2 is 2.12 bits per heavy atom. The number of nitrogens with one attached hydrogen (secondary N) is 2. The van der Waals surface area contributed by atoms with Gasteiger partial charge in [0.05, 0.1) is 25.0 Å². The fourth-order valence-electron chi connectivity index (χ4n) is 3.11. The second kappa shape index (κ2) is 8.18. The fourth-order valence-corrected chi connectivity index (χ4v) is 3.11. The van der Waals surface area contributed by atoms with Crippen molar-refractivity contribution in [3.63, 3.8) is 0 Å². The first-order chi connectivity index (χ1) is 12.2. The van der Waals surface area contributed by atoms with E-state index in [1.165, 1.54) is 0 Å². The topological polar surface area (TPSA) is 83.7 Å². The Morgan fingerprint density at radius 1 is 1.24 bits per heavy atom. The van der Waals surface area contributed by atoms with Gasteiger partial charge in [0.15, 0.2) is 0 Å². The molecule has 6 heteroatoms. The molecule has 1 aromatic carbocycles. The molecule has 2 aromatic rings. The summed E-state index contributed by atoms with van der Waals surface area (Å²) in [5.74, 6) is 0.673. The number of hydrogen-bond acceptors (Lipinski definition) is 5. The van der Waals surface area contributed by atoms with Crippen LogP contribution in [-0.2, 0) is 11.3 Å². The highest BCUT2D eigenvalue weighted by Gasteiger charge is 2.34. The summed E-state index contributed by atoms with van der Waals surface area (Å²) in [4.78, 5) is 12.7. The zero-order valence-corrected chi connectivity index (χ0v) is 14.2. The number of furan rings is 1. The standard InChI is InChI=1S/C19H24N2O4/c22-9-7-19(8-11-24-14-19)13-21-18(23)16-5-1-2-6-17(16)20-12-15-4-3-10-25-15/h1-6,10,20,22H,7-9,11-14H2,(H,21,23). The molecule has 0 spiro atoms. The molecule has 0 aliphatic carbocycles. The molecule has 1 aliphatic heterocycles. The number of anilines is 1. The van der Waals surface area contributed by atoms with E-state index in [9.17, 15) is 9.90 Å². The second-order valence-corrected chi connectivity index (χ2v) is 6.44. The Kier molecular flexibility index (Phi) is 5.73. The highest BCUT2D eigenvalue weighted by Crippen LogP contribution is 2.31. The Balaban J connectivity index is 1.63. The van der Waals surface area contributed by atoms with Crippen LogP contribution in [0.5, 0.6) is 0 Å². The van der Waals surface area contributed by atoms with Crippen molar-refractivity contribution in [2.45, 2.75) is 19.4 Å². The SMILES string of the molecule is O=C(NCC1(CCO)CCOC1)c1ccccc1NCc1ccco1. The molecule has 1 unspecified atom stereocenters. The largest absolute Gasteiger partial charge is 0.467 e. The number of benzene rings is 1. The van der Waals surface area contributed by atoms with Gasteiger partial charge in [-0.1, -0.05) is 12.1 Å². The lowest BCUT2D eigenvalue weighted by Gasteiger charge is -2.27. The molecule has 134 valence electrons. The summed E-state index contributed by atoms with van der Waals surface area (Å²) >= 11 is 0. The molecule has 1 aliphatic rings. The van der Waals surface area contributed by atoms with Crippen LogP contribution >= 0.6 is 0 Å². The third-order valence-electron chi connectivity index (χ3n) is 4.66. The van der Waals surface area contributed by atoms with Crippen molar-refractivity contribution in [1.82, 2.24) is 5.32 Å². The van der Waals surface area contributed by atoms with Crippen molar-refractivity contribution in [1.29, 1.82) is 0 Å². The molecule has 0 saturated carbocycles. The third-order valence-corrected chi connectivity index (χ3v) is 4.66. The van der Waals surface area contributed by atoms with E-state index in [4.69, 9.17) is 9.15 Å². The molecule has 25 heavy (non-hydrogen) atoms. The van der Waals surface area contributed by atoms with Crippen molar-refractivity contribution < 1.29 is 19.1 Å². The molecule has 6 nitrogen and oxygen atoms in total. The molecule has 0 radical (unpaired) electrons. The van der Waals surface area contributed by atoms with Crippen LogP contribution in [0.15, 0.2) is 47.1 Å². The first-order valence-electron chi connectivity index (χ1n) is 8.55. The maximum absolute atomic E-state index is 12.7. The number of rotatable bonds is 8. The Hall–Kier alpha value is -2.31. The molecule has 3 N–H and O–H groups in total. The zero-order chi connectivity index (χ0) is 17.5. The predicted octanol–water partition coefficient (Wildman–Crippen LogP) is 2.41. The normalized spacial score (nSPS) is 19.7. The minimum absolute atomic E-state index is 0.0977. The number of carbonyl (C=O) groups is 1. The lowest BCUT2D eigenvalue weighted by Crippen LogP contribution is -2.39. The van der Waals surface area contributed by atoms with Crippen molar-refractivity contribution in [3.05, 3.63) is 54.0 Å². The van der Waals surface area contributed by atoms with E-state index in [2.05, 4.69) is 10.6 Å². The fraction of sp³-hybridized carbons (Fsp3) is 0.421. The molecule has 1 aromatic heterocycles. The molecular weight excluding hydrogens is 320 g/mol. The number of hydrogen-bond donors (Lipinski definition) is 3. The van der Waals surface area contributed by atoms with E-state index >= 15 is 0 Å². The van der Waals surface area contributed by atoms with Gasteiger partial charge in [0.25, 0.3) is 5.91 Å². The van der Waals surface area contributed by atoms with Crippen LogP contribution in [0.1, 0.15) is 29.0 Å². The lowest BCUT2D eigenvalue weighted by molar-refractivity contribution is 0.0890. The van der Waals surface area contributed by atoms with E-state index in [1.54, 1.807) is 12.3 Å². The monoisotopic (exact) mass is 344 g/mol. The molecule has 2 heterocycles. The van der Waals surface area contributed by atoms with Crippen LogP contribution in [0, 0.1) is 5.41 Å². The van der Waals surface area contributed by atoms with Gasteiger partial charge < -0.3 is 24.9 Å². The van der Waals surface area contributed by atoms with Crippen molar-refractivity contribution >= 4 is 11.6 Å². The number of ether oxygens (including phenoxy) is 1. The maximum atomic E-state index is 12.7. The van der Waals surface area contributed by atoms with E-state index < -0.39 is 0 Å². The molecule has 1 fully saturated rings. The lowest BCUT2D eigenvalue weighted by atomic mass is 9.84. The molecule has 3 rings (SSSR count). The number of aliphatic hydroxyl groups is 1. The van der Waals surface area contributed by atoms with Crippen LogP contribution in [0.25, 0.3) is 0 Å². The Morgan fingerprint density at radius 3 is 2.84 bits per heavy atom. The van der Waals surface area contributed by atoms with Gasteiger partial charge in [0, 0.05) is 30.9 Å². The number of aliphatic hydroxyl groups excluding tert-OH is 1. The van der Waals surface area contributed by atoms with Gasteiger partial charge in [-0.2, -0.15) is 0 Å². The van der Waals surface area contributed by atoms with Crippen LogP contribution in [0.3, 0.4) is 0 Å². The molecule has 1 saturated heterocycles.